The minimum absolute atomic E-state index is 0.000896. The van der Waals surface area contributed by atoms with Gasteiger partial charge < -0.3 is 19.5 Å². The fraction of sp³-hybridized carbons (Fsp3) is 0.409. The quantitative estimate of drug-likeness (QED) is 0.608. The van der Waals surface area contributed by atoms with Gasteiger partial charge in [-0.25, -0.2) is 0 Å². The van der Waals surface area contributed by atoms with Crippen molar-refractivity contribution in [3.63, 3.8) is 0 Å². The third-order valence-electron chi connectivity index (χ3n) is 4.35. The molecule has 1 N–H and O–H groups in total. The predicted molar refractivity (Wildman–Crippen MR) is 106 cm³/mol. The Labute approximate surface area is 161 Å². The van der Waals surface area contributed by atoms with Crippen molar-refractivity contribution in [2.75, 3.05) is 27.4 Å². The molecular formula is C22H29NO4. The molecule has 0 spiro atoms. The van der Waals surface area contributed by atoms with Gasteiger partial charge in [0.1, 0.15) is 11.5 Å². The van der Waals surface area contributed by atoms with Crippen molar-refractivity contribution in [2.45, 2.75) is 32.2 Å². The monoisotopic (exact) mass is 371 g/mol. The molecule has 2 aromatic rings. The van der Waals surface area contributed by atoms with E-state index in [0.29, 0.717) is 26.1 Å². The Morgan fingerprint density at radius 1 is 1.04 bits per heavy atom. The number of carbonyl (C=O) groups excluding carboxylic acids is 1. The first kappa shape index (κ1) is 20.8. The van der Waals surface area contributed by atoms with E-state index >= 15 is 0 Å². The average molecular weight is 371 g/mol. The van der Waals surface area contributed by atoms with Gasteiger partial charge in [-0.05, 0) is 43.5 Å². The van der Waals surface area contributed by atoms with E-state index in [1.807, 2.05) is 43.3 Å². The highest BCUT2D eigenvalue weighted by Gasteiger charge is 2.15. The number of amides is 1. The summed E-state index contributed by atoms with van der Waals surface area (Å²) in [5.74, 6) is 1.46. The van der Waals surface area contributed by atoms with E-state index in [-0.39, 0.29) is 11.9 Å². The maximum absolute atomic E-state index is 12.2. The average Bonchev–Trinajstić information content (AvgIpc) is 2.70. The van der Waals surface area contributed by atoms with Crippen LogP contribution in [-0.4, -0.2) is 33.3 Å². The van der Waals surface area contributed by atoms with Crippen molar-refractivity contribution < 1.29 is 19.0 Å². The maximum Gasteiger partial charge on any atom is 0.220 e. The lowest BCUT2D eigenvalue weighted by molar-refractivity contribution is -0.122. The van der Waals surface area contributed by atoms with Crippen molar-refractivity contribution in [3.05, 3.63) is 59.7 Å². The molecule has 0 aliphatic heterocycles. The van der Waals surface area contributed by atoms with Crippen molar-refractivity contribution >= 4 is 5.91 Å². The second-order valence-electron chi connectivity index (χ2n) is 6.35. The summed E-state index contributed by atoms with van der Waals surface area (Å²) in [6.45, 7) is 3.19. The van der Waals surface area contributed by atoms with Gasteiger partial charge in [0, 0.05) is 18.6 Å². The molecule has 146 valence electrons. The molecule has 0 aromatic heterocycles. The number of rotatable bonds is 11. The molecule has 0 fully saturated rings. The molecule has 0 saturated carbocycles. The molecular weight excluding hydrogens is 342 g/mol. The van der Waals surface area contributed by atoms with E-state index in [4.69, 9.17) is 14.2 Å². The molecule has 5 heteroatoms. The molecule has 0 bridgehead atoms. The molecule has 1 amide bonds. The standard InChI is InChI=1S/C22H29NO4/c1-17(20-16-19(25-2)11-12-21(20)26-3)23-22(24)10-7-14-27-15-13-18-8-5-4-6-9-18/h4-6,8-9,11-12,16-17H,7,10,13-15H2,1-3H3,(H,23,24). The normalized spacial score (nSPS) is 11.7. The van der Waals surface area contributed by atoms with Crippen LogP contribution in [0.15, 0.2) is 48.5 Å². The van der Waals surface area contributed by atoms with Crippen LogP contribution in [0.4, 0.5) is 0 Å². The Morgan fingerprint density at radius 2 is 1.81 bits per heavy atom. The number of benzene rings is 2. The summed E-state index contributed by atoms with van der Waals surface area (Å²) in [7, 11) is 3.24. The van der Waals surface area contributed by atoms with Gasteiger partial charge in [-0.15, -0.1) is 0 Å². The summed E-state index contributed by atoms with van der Waals surface area (Å²) in [6, 6.07) is 15.6. The lowest BCUT2D eigenvalue weighted by Gasteiger charge is -2.18. The molecule has 27 heavy (non-hydrogen) atoms. The van der Waals surface area contributed by atoms with E-state index < -0.39 is 0 Å². The summed E-state index contributed by atoms with van der Waals surface area (Å²) < 4.78 is 16.3. The third kappa shape index (κ3) is 6.94. The van der Waals surface area contributed by atoms with Gasteiger partial charge in [0.15, 0.2) is 0 Å². The SMILES string of the molecule is COc1ccc(OC)c(C(C)NC(=O)CCCOCCc2ccccc2)c1. The molecule has 1 atom stereocenters. The number of methoxy groups -OCH3 is 2. The van der Waals surface area contributed by atoms with Gasteiger partial charge >= 0.3 is 0 Å². The molecule has 2 aromatic carbocycles. The van der Waals surface area contributed by atoms with Crippen LogP contribution in [-0.2, 0) is 16.0 Å². The fourth-order valence-electron chi connectivity index (χ4n) is 2.84. The molecule has 0 saturated heterocycles. The minimum atomic E-state index is -0.165. The van der Waals surface area contributed by atoms with Gasteiger partial charge in [-0.2, -0.15) is 0 Å². The lowest BCUT2D eigenvalue weighted by atomic mass is 10.1. The second kappa shape index (κ2) is 11.2. The van der Waals surface area contributed by atoms with Crippen LogP contribution >= 0.6 is 0 Å². The van der Waals surface area contributed by atoms with E-state index in [2.05, 4.69) is 17.4 Å². The smallest absolute Gasteiger partial charge is 0.220 e. The summed E-state index contributed by atoms with van der Waals surface area (Å²) >= 11 is 0. The highest BCUT2D eigenvalue weighted by Crippen LogP contribution is 2.29. The Hall–Kier alpha value is -2.53. The second-order valence-corrected chi connectivity index (χ2v) is 6.35. The van der Waals surface area contributed by atoms with E-state index in [9.17, 15) is 4.79 Å². The molecule has 0 radical (unpaired) electrons. The topological polar surface area (TPSA) is 56.8 Å². The molecule has 0 aliphatic rings. The van der Waals surface area contributed by atoms with Crippen LogP contribution in [0.2, 0.25) is 0 Å². The molecule has 0 heterocycles. The van der Waals surface area contributed by atoms with Crippen LogP contribution in [0.3, 0.4) is 0 Å². The van der Waals surface area contributed by atoms with Crippen LogP contribution in [0.1, 0.15) is 36.9 Å². The molecule has 2 rings (SSSR count). The summed E-state index contributed by atoms with van der Waals surface area (Å²) in [5.41, 5.74) is 2.15. The van der Waals surface area contributed by atoms with Gasteiger partial charge in [-0.3, -0.25) is 4.79 Å². The van der Waals surface area contributed by atoms with Crippen LogP contribution in [0.5, 0.6) is 11.5 Å². The van der Waals surface area contributed by atoms with Gasteiger partial charge in [0.25, 0.3) is 0 Å². The maximum atomic E-state index is 12.2. The van der Waals surface area contributed by atoms with Crippen LogP contribution in [0, 0.1) is 0 Å². The van der Waals surface area contributed by atoms with Crippen molar-refractivity contribution in [2.24, 2.45) is 0 Å². The predicted octanol–water partition coefficient (Wildman–Crippen LogP) is 3.92. The third-order valence-corrected chi connectivity index (χ3v) is 4.35. The summed E-state index contributed by atoms with van der Waals surface area (Å²) in [6.07, 6.45) is 2.02. The Bertz CT molecular complexity index is 703. The number of ether oxygens (including phenoxy) is 3. The van der Waals surface area contributed by atoms with E-state index in [1.165, 1.54) is 5.56 Å². The first-order valence-electron chi connectivity index (χ1n) is 9.27. The van der Waals surface area contributed by atoms with Gasteiger partial charge in [0.05, 0.1) is 26.9 Å². The zero-order valence-electron chi connectivity index (χ0n) is 16.4. The fourth-order valence-corrected chi connectivity index (χ4v) is 2.84. The highest BCUT2D eigenvalue weighted by molar-refractivity contribution is 5.76. The zero-order valence-corrected chi connectivity index (χ0v) is 16.4. The van der Waals surface area contributed by atoms with E-state index in [0.717, 1.165) is 23.5 Å². The zero-order chi connectivity index (χ0) is 19.5. The Morgan fingerprint density at radius 3 is 2.52 bits per heavy atom. The molecule has 0 aliphatic carbocycles. The summed E-state index contributed by atoms with van der Waals surface area (Å²) in [4.78, 5) is 12.2. The van der Waals surface area contributed by atoms with Gasteiger partial charge in [-0.1, -0.05) is 30.3 Å². The minimum Gasteiger partial charge on any atom is -0.497 e. The van der Waals surface area contributed by atoms with Crippen LogP contribution in [0.25, 0.3) is 0 Å². The van der Waals surface area contributed by atoms with E-state index in [1.54, 1.807) is 14.2 Å². The van der Waals surface area contributed by atoms with Crippen LogP contribution < -0.4 is 14.8 Å². The van der Waals surface area contributed by atoms with Crippen molar-refractivity contribution in [3.8, 4) is 11.5 Å². The molecule has 5 nitrogen and oxygen atoms in total. The Balaban J connectivity index is 1.69. The number of hydrogen-bond donors (Lipinski definition) is 1. The first-order chi connectivity index (χ1) is 13.1. The van der Waals surface area contributed by atoms with Gasteiger partial charge in [0.2, 0.25) is 5.91 Å². The highest BCUT2D eigenvalue weighted by atomic mass is 16.5. The Kier molecular flexibility index (Phi) is 8.65. The number of nitrogens with one attached hydrogen (secondary N) is 1. The number of hydrogen-bond acceptors (Lipinski definition) is 4. The molecule has 1 unspecified atom stereocenters. The van der Waals surface area contributed by atoms with Crippen molar-refractivity contribution in [1.29, 1.82) is 0 Å². The first-order valence-corrected chi connectivity index (χ1v) is 9.27. The van der Waals surface area contributed by atoms with Crippen molar-refractivity contribution in [1.82, 2.24) is 5.32 Å². The number of carbonyl (C=O) groups is 1. The summed E-state index contributed by atoms with van der Waals surface area (Å²) in [5, 5.41) is 3.01. The lowest BCUT2D eigenvalue weighted by Crippen LogP contribution is -2.27. The largest absolute Gasteiger partial charge is 0.497 e.